The third-order valence-electron chi connectivity index (χ3n) is 3.44. The molecule has 0 saturated heterocycles. The molecule has 0 saturated carbocycles. The van der Waals surface area contributed by atoms with Crippen molar-refractivity contribution in [1.82, 2.24) is 0 Å². The van der Waals surface area contributed by atoms with Crippen LogP contribution in [0.1, 0.15) is 13.8 Å². The van der Waals surface area contributed by atoms with E-state index in [0.717, 1.165) is 4.31 Å². The lowest BCUT2D eigenvalue weighted by atomic mass is 10.3. The number of benzene rings is 2. The number of nitrogens with zero attached hydrogens (tertiary/aromatic N) is 1. The summed E-state index contributed by atoms with van der Waals surface area (Å²) in [6.45, 7) is 2.62. The molecule has 7 nitrogen and oxygen atoms in total. The number of hydrogen-bond acceptors (Lipinski definition) is 5. The van der Waals surface area contributed by atoms with Gasteiger partial charge in [-0.25, -0.2) is 8.42 Å². The monoisotopic (exact) mass is 410 g/mol. The Labute approximate surface area is 162 Å². The molecule has 27 heavy (non-hydrogen) atoms. The van der Waals surface area contributed by atoms with E-state index in [4.69, 9.17) is 16.3 Å². The molecule has 0 bridgehead atoms. The molecule has 2 aromatic rings. The number of amides is 1. The fourth-order valence-electron chi connectivity index (χ4n) is 2.31. The number of carbonyl (C=O) groups excluding carboxylic acids is 2. The van der Waals surface area contributed by atoms with Gasteiger partial charge in [-0.1, -0.05) is 17.7 Å². The molecule has 0 aromatic heterocycles. The van der Waals surface area contributed by atoms with Crippen LogP contribution >= 0.6 is 11.6 Å². The van der Waals surface area contributed by atoms with Crippen molar-refractivity contribution in [3.63, 3.8) is 0 Å². The van der Waals surface area contributed by atoms with Gasteiger partial charge in [0.25, 0.3) is 10.0 Å². The number of rotatable bonds is 7. The van der Waals surface area contributed by atoms with Gasteiger partial charge in [-0.15, -0.1) is 0 Å². The molecule has 0 spiro atoms. The van der Waals surface area contributed by atoms with E-state index in [1.807, 2.05) is 0 Å². The summed E-state index contributed by atoms with van der Waals surface area (Å²) in [7, 11) is -4.07. The maximum Gasteiger partial charge on any atom is 0.326 e. The molecule has 0 fully saturated rings. The number of nitrogens with one attached hydrogen (secondary N) is 1. The molecule has 144 valence electrons. The van der Waals surface area contributed by atoms with Gasteiger partial charge in [0.05, 0.1) is 17.2 Å². The third kappa shape index (κ3) is 5.45. The number of esters is 1. The van der Waals surface area contributed by atoms with E-state index < -0.39 is 22.5 Å². The van der Waals surface area contributed by atoms with E-state index in [1.54, 1.807) is 19.1 Å². The standard InChI is InChI=1S/C18H19ClN2O5S/c1-3-26-18(23)12-21(16-6-4-5-14(19)11-16)27(24,25)17-9-7-15(8-10-17)20-13(2)22/h4-11H,3,12H2,1-2H3,(H,20,22). The van der Waals surface area contributed by atoms with Gasteiger partial charge >= 0.3 is 5.97 Å². The van der Waals surface area contributed by atoms with E-state index in [2.05, 4.69) is 5.32 Å². The van der Waals surface area contributed by atoms with E-state index in [1.165, 1.54) is 43.3 Å². The van der Waals surface area contributed by atoms with Gasteiger partial charge in [0.1, 0.15) is 6.54 Å². The summed E-state index contributed by atoms with van der Waals surface area (Å²) in [5, 5.41) is 2.89. The van der Waals surface area contributed by atoms with Crippen LogP contribution in [0.2, 0.25) is 5.02 Å². The Morgan fingerprint density at radius 2 is 1.81 bits per heavy atom. The van der Waals surface area contributed by atoms with E-state index in [-0.39, 0.29) is 23.1 Å². The van der Waals surface area contributed by atoms with Crippen molar-refractivity contribution in [1.29, 1.82) is 0 Å². The zero-order valence-corrected chi connectivity index (χ0v) is 16.4. The molecule has 2 aromatic carbocycles. The number of hydrogen-bond donors (Lipinski definition) is 1. The third-order valence-corrected chi connectivity index (χ3v) is 5.46. The van der Waals surface area contributed by atoms with Crippen molar-refractivity contribution >= 4 is 44.9 Å². The summed E-state index contributed by atoms with van der Waals surface area (Å²) in [5.74, 6) is -0.954. The Balaban J connectivity index is 2.43. The number of sulfonamides is 1. The molecule has 2 rings (SSSR count). The average Bonchev–Trinajstić information content (AvgIpc) is 2.60. The van der Waals surface area contributed by atoms with Gasteiger partial charge in [-0.05, 0) is 49.4 Å². The maximum atomic E-state index is 13.1. The van der Waals surface area contributed by atoms with Crippen molar-refractivity contribution in [3.8, 4) is 0 Å². The summed E-state index contributed by atoms with van der Waals surface area (Å²) in [4.78, 5) is 23.0. The van der Waals surface area contributed by atoms with Crippen LogP contribution in [0.5, 0.6) is 0 Å². The number of carbonyl (C=O) groups is 2. The molecule has 0 aliphatic heterocycles. The largest absolute Gasteiger partial charge is 0.465 e. The summed E-state index contributed by atoms with van der Waals surface area (Å²) >= 11 is 5.97. The minimum atomic E-state index is -4.07. The predicted octanol–water partition coefficient (Wildman–Crippen LogP) is 3.06. The van der Waals surface area contributed by atoms with Crippen LogP contribution in [0.4, 0.5) is 11.4 Å². The highest BCUT2D eigenvalue weighted by atomic mass is 35.5. The molecule has 0 aliphatic rings. The maximum absolute atomic E-state index is 13.1. The first-order chi connectivity index (χ1) is 12.7. The van der Waals surface area contributed by atoms with Gasteiger partial charge in [0.15, 0.2) is 0 Å². The molecule has 1 N–H and O–H groups in total. The Morgan fingerprint density at radius 1 is 1.15 bits per heavy atom. The molecule has 0 aliphatic carbocycles. The van der Waals surface area contributed by atoms with Crippen molar-refractivity contribution in [2.45, 2.75) is 18.7 Å². The van der Waals surface area contributed by atoms with E-state index in [0.29, 0.717) is 10.7 Å². The predicted molar refractivity (Wildman–Crippen MR) is 103 cm³/mol. The van der Waals surface area contributed by atoms with Crippen LogP contribution in [0.3, 0.4) is 0 Å². The molecule has 0 atom stereocenters. The first kappa shape index (κ1) is 20.7. The van der Waals surface area contributed by atoms with Gasteiger partial charge in [-0.3, -0.25) is 13.9 Å². The molecular weight excluding hydrogens is 392 g/mol. The molecule has 0 unspecified atom stereocenters. The molecule has 1 amide bonds. The topological polar surface area (TPSA) is 92.8 Å². The number of halogens is 1. The first-order valence-electron chi connectivity index (χ1n) is 8.05. The summed E-state index contributed by atoms with van der Waals surface area (Å²) in [6, 6.07) is 11.8. The number of ether oxygens (including phenoxy) is 1. The van der Waals surface area contributed by atoms with Gasteiger partial charge in [0, 0.05) is 17.6 Å². The van der Waals surface area contributed by atoms with Crippen LogP contribution in [0, 0.1) is 0 Å². The van der Waals surface area contributed by atoms with Gasteiger partial charge in [0.2, 0.25) is 5.91 Å². The van der Waals surface area contributed by atoms with Crippen molar-refractivity contribution in [3.05, 3.63) is 53.6 Å². The van der Waals surface area contributed by atoms with Crippen molar-refractivity contribution in [2.24, 2.45) is 0 Å². The average molecular weight is 411 g/mol. The SMILES string of the molecule is CCOC(=O)CN(c1cccc(Cl)c1)S(=O)(=O)c1ccc(NC(C)=O)cc1. The Bertz CT molecular complexity index is 929. The molecule has 0 radical (unpaired) electrons. The van der Waals surface area contributed by atoms with Crippen LogP contribution in [0.25, 0.3) is 0 Å². The Kier molecular flexibility index (Phi) is 6.81. The second-order valence-electron chi connectivity index (χ2n) is 5.50. The lowest BCUT2D eigenvalue weighted by molar-refractivity contribution is -0.141. The van der Waals surface area contributed by atoms with Crippen molar-refractivity contribution < 1.29 is 22.7 Å². The number of anilines is 2. The molecule has 9 heteroatoms. The van der Waals surface area contributed by atoms with Crippen LogP contribution in [-0.2, 0) is 24.3 Å². The second kappa shape index (κ2) is 8.88. The smallest absolute Gasteiger partial charge is 0.326 e. The molecule has 0 heterocycles. The quantitative estimate of drug-likeness (QED) is 0.708. The summed E-state index contributed by atoms with van der Waals surface area (Å²) in [5.41, 5.74) is 0.697. The summed E-state index contributed by atoms with van der Waals surface area (Å²) in [6.07, 6.45) is 0. The van der Waals surface area contributed by atoms with Gasteiger partial charge in [-0.2, -0.15) is 0 Å². The van der Waals surface area contributed by atoms with Gasteiger partial charge < -0.3 is 10.1 Å². The highest BCUT2D eigenvalue weighted by Crippen LogP contribution is 2.27. The minimum Gasteiger partial charge on any atom is -0.465 e. The highest BCUT2D eigenvalue weighted by molar-refractivity contribution is 7.92. The Hall–Kier alpha value is -2.58. The fraction of sp³-hybridized carbons (Fsp3) is 0.222. The van der Waals surface area contributed by atoms with E-state index in [9.17, 15) is 18.0 Å². The Morgan fingerprint density at radius 3 is 2.37 bits per heavy atom. The van der Waals surface area contributed by atoms with Crippen LogP contribution in [-0.4, -0.2) is 33.4 Å². The zero-order chi connectivity index (χ0) is 20.0. The zero-order valence-electron chi connectivity index (χ0n) is 14.8. The van der Waals surface area contributed by atoms with Crippen LogP contribution in [0.15, 0.2) is 53.4 Å². The van der Waals surface area contributed by atoms with E-state index >= 15 is 0 Å². The highest BCUT2D eigenvalue weighted by Gasteiger charge is 2.28. The minimum absolute atomic E-state index is 0.0409. The first-order valence-corrected chi connectivity index (χ1v) is 9.87. The van der Waals surface area contributed by atoms with Crippen LogP contribution < -0.4 is 9.62 Å². The molecular formula is C18H19ClN2O5S. The lowest BCUT2D eigenvalue weighted by Crippen LogP contribution is -2.36. The lowest BCUT2D eigenvalue weighted by Gasteiger charge is -2.24. The summed E-state index contributed by atoms with van der Waals surface area (Å²) < 4.78 is 32.0. The normalized spacial score (nSPS) is 10.9. The van der Waals surface area contributed by atoms with Crippen molar-refractivity contribution in [2.75, 3.05) is 22.8 Å². The second-order valence-corrected chi connectivity index (χ2v) is 7.80. The fourth-order valence-corrected chi connectivity index (χ4v) is 3.90.